The van der Waals surface area contributed by atoms with Gasteiger partial charge in [0.1, 0.15) is 11.5 Å². The number of methoxy groups -OCH3 is 2. The summed E-state index contributed by atoms with van der Waals surface area (Å²) in [6, 6.07) is 5.98. The molecule has 1 heterocycles. The molecule has 6 heteroatoms. The number of benzene rings is 1. The Labute approximate surface area is 123 Å². The molecular formula is C14H19N3O2S. The summed E-state index contributed by atoms with van der Waals surface area (Å²) in [6.45, 7) is 0. The predicted molar refractivity (Wildman–Crippen MR) is 80.7 cm³/mol. The standard InChI is InChI=1S/C14H19N3O2S/c1-15-12(9-20-14-16-6-7-17-14)11-8-10(18-2)4-5-13(11)19-3/h4-8,12,15H,9H2,1-3H3,(H,16,17). The SMILES string of the molecule is CNC(CSc1ncc[nH]1)c1cc(OC)ccc1OC. The molecule has 0 amide bonds. The lowest BCUT2D eigenvalue weighted by atomic mass is 10.1. The summed E-state index contributed by atoms with van der Waals surface area (Å²) in [5, 5.41) is 4.22. The Morgan fingerprint density at radius 2 is 2.20 bits per heavy atom. The van der Waals surface area contributed by atoms with Gasteiger partial charge < -0.3 is 19.8 Å². The first-order chi connectivity index (χ1) is 9.78. The summed E-state index contributed by atoms with van der Waals surface area (Å²) in [5.41, 5.74) is 1.08. The van der Waals surface area contributed by atoms with Crippen molar-refractivity contribution in [3.63, 3.8) is 0 Å². The zero-order valence-corrected chi connectivity index (χ0v) is 12.7. The molecule has 0 aliphatic carbocycles. The van der Waals surface area contributed by atoms with Crippen LogP contribution in [0.5, 0.6) is 11.5 Å². The quantitative estimate of drug-likeness (QED) is 0.768. The molecular weight excluding hydrogens is 274 g/mol. The maximum Gasteiger partial charge on any atom is 0.165 e. The highest BCUT2D eigenvalue weighted by molar-refractivity contribution is 7.99. The van der Waals surface area contributed by atoms with Crippen molar-refractivity contribution >= 4 is 11.8 Å². The fourth-order valence-electron chi connectivity index (χ4n) is 1.93. The molecule has 2 N–H and O–H groups in total. The first kappa shape index (κ1) is 14.7. The lowest BCUT2D eigenvalue weighted by Gasteiger charge is -2.19. The number of hydrogen-bond donors (Lipinski definition) is 2. The number of H-pyrrole nitrogens is 1. The minimum atomic E-state index is 0.148. The molecule has 0 saturated carbocycles. The Bertz CT molecular complexity index is 531. The van der Waals surface area contributed by atoms with Crippen molar-refractivity contribution in [1.29, 1.82) is 0 Å². The molecule has 0 spiro atoms. The summed E-state index contributed by atoms with van der Waals surface area (Å²) in [5.74, 6) is 2.52. The van der Waals surface area contributed by atoms with Gasteiger partial charge in [-0.15, -0.1) is 0 Å². The van der Waals surface area contributed by atoms with E-state index in [9.17, 15) is 0 Å². The van der Waals surface area contributed by atoms with Crippen LogP contribution in [0, 0.1) is 0 Å². The van der Waals surface area contributed by atoms with Gasteiger partial charge in [-0.25, -0.2) is 4.98 Å². The smallest absolute Gasteiger partial charge is 0.165 e. The average Bonchev–Trinajstić information content (AvgIpc) is 3.01. The molecule has 0 saturated heterocycles. The van der Waals surface area contributed by atoms with Crippen LogP contribution in [0.15, 0.2) is 35.7 Å². The van der Waals surface area contributed by atoms with E-state index < -0.39 is 0 Å². The van der Waals surface area contributed by atoms with Crippen LogP contribution in [-0.4, -0.2) is 37.0 Å². The summed E-state index contributed by atoms with van der Waals surface area (Å²) in [4.78, 5) is 7.30. The van der Waals surface area contributed by atoms with E-state index in [1.54, 1.807) is 32.2 Å². The maximum absolute atomic E-state index is 5.44. The van der Waals surface area contributed by atoms with Crippen LogP contribution in [0.4, 0.5) is 0 Å². The molecule has 2 rings (SSSR count). The zero-order chi connectivity index (χ0) is 14.4. The Morgan fingerprint density at radius 1 is 1.35 bits per heavy atom. The van der Waals surface area contributed by atoms with E-state index in [2.05, 4.69) is 15.3 Å². The van der Waals surface area contributed by atoms with E-state index in [1.165, 1.54) is 0 Å². The van der Waals surface area contributed by atoms with Crippen LogP contribution in [0.1, 0.15) is 11.6 Å². The van der Waals surface area contributed by atoms with Crippen molar-refractivity contribution in [3.8, 4) is 11.5 Å². The summed E-state index contributed by atoms with van der Waals surface area (Å²) < 4.78 is 10.7. The van der Waals surface area contributed by atoms with Crippen molar-refractivity contribution in [3.05, 3.63) is 36.2 Å². The topological polar surface area (TPSA) is 59.2 Å². The monoisotopic (exact) mass is 293 g/mol. The summed E-state index contributed by atoms with van der Waals surface area (Å²) in [6.07, 6.45) is 3.58. The summed E-state index contributed by atoms with van der Waals surface area (Å²) in [7, 11) is 5.28. The van der Waals surface area contributed by atoms with Crippen molar-refractivity contribution in [2.75, 3.05) is 27.0 Å². The molecule has 1 atom stereocenters. The van der Waals surface area contributed by atoms with Crippen molar-refractivity contribution in [2.24, 2.45) is 0 Å². The Balaban J connectivity index is 2.16. The van der Waals surface area contributed by atoms with Crippen LogP contribution in [-0.2, 0) is 0 Å². The third kappa shape index (κ3) is 3.46. The van der Waals surface area contributed by atoms with Crippen molar-refractivity contribution in [1.82, 2.24) is 15.3 Å². The minimum Gasteiger partial charge on any atom is -0.497 e. The van der Waals surface area contributed by atoms with Gasteiger partial charge in [-0.1, -0.05) is 11.8 Å². The first-order valence-corrected chi connectivity index (χ1v) is 7.28. The molecule has 2 aromatic rings. The van der Waals surface area contributed by atoms with E-state index in [-0.39, 0.29) is 6.04 Å². The molecule has 108 valence electrons. The van der Waals surface area contributed by atoms with Gasteiger partial charge in [0.25, 0.3) is 0 Å². The third-order valence-electron chi connectivity index (χ3n) is 3.02. The molecule has 1 aromatic carbocycles. The van der Waals surface area contributed by atoms with E-state index in [4.69, 9.17) is 9.47 Å². The number of aromatic nitrogens is 2. The first-order valence-electron chi connectivity index (χ1n) is 6.29. The zero-order valence-electron chi connectivity index (χ0n) is 11.8. The lowest BCUT2D eigenvalue weighted by molar-refractivity contribution is 0.394. The molecule has 20 heavy (non-hydrogen) atoms. The van der Waals surface area contributed by atoms with Crippen LogP contribution in [0.25, 0.3) is 0 Å². The van der Waals surface area contributed by atoms with Crippen LogP contribution >= 0.6 is 11.8 Å². The van der Waals surface area contributed by atoms with Gasteiger partial charge in [-0.05, 0) is 25.2 Å². The van der Waals surface area contributed by atoms with E-state index in [0.717, 1.165) is 28.0 Å². The van der Waals surface area contributed by atoms with Gasteiger partial charge in [-0.2, -0.15) is 0 Å². The molecule has 0 bridgehead atoms. The molecule has 5 nitrogen and oxygen atoms in total. The highest BCUT2D eigenvalue weighted by atomic mass is 32.2. The highest BCUT2D eigenvalue weighted by Gasteiger charge is 2.16. The van der Waals surface area contributed by atoms with E-state index in [1.807, 2.05) is 31.4 Å². The van der Waals surface area contributed by atoms with Gasteiger partial charge in [0, 0.05) is 29.8 Å². The third-order valence-corrected chi connectivity index (χ3v) is 4.02. The number of ether oxygens (including phenoxy) is 2. The average molecular weight is 293 g/mol. The Kier molecular flexibility index (Phi) is 5.31. The number of nitrogens with one attached hydrogen (secondary N) is 2. The summed E-state index contributed by atoms with van der Waals surface area (Å²) >= 11 is 1.66. The van der Waals surface area contributed by atoms with Crippen molar-refractivity contribution < 1.29 is 9.47 Å². The highest BCUT2D eigenvalue weighted by Crippen LogP contribution is 2.32. The number of hydrogen-bond acceptors (Lipinski definition) is 5. The van der Waals surface area contributed by atoms with Crippen LogP contribution in [0.2, 0.25) is 0 Å². The van der Waals surface area contributed by atoms with Gasteiger partial charge in [0.2, 0.25) is 0 Å². The largest absolute Gasteiger partial charge is 0.497 e. The maximum atomic E-state index is 5.44. The normalized spacial score (nSPS) is 12.2. The number of rotatable bonds is 7. The molecule has 0 aliphatic rings. The number of imidazole rings is 1. The number of nitrogens with zero attached hydrogens (tertiary/aromatic N) is 1. The molecule has 0 radical (unpaired) electrons. The van der Waals surface area contributed by atoms with Crippen molar-refractivity contribution in [2.45, 2.75) is 11.2 Å². The fraction of sp³-hybridized carbons (Fsp3) is 0.357. The molecule has 0 fully saturated rings. The number of aromatic amines is 1. The molecule has 0 aliphatic heterocycles. The second-order valence-electron chi connectivity index (χ2n) is 4.15. The van der Waals surface area contributed by atoms with Gasteiger partial charge >= 0.3 is 0 Å². The molecule has 1 aromatic heterocycles. The van der Waals surface area contributed by atoms with Gasteiger partial charge in [0.15, 0.2) is 5.16 Å². The Hall–Kier alpha value is -1.66. The lowest BCUT2D eigenvalue weighted by Crippen LogP contribution is -2.19. The second-order valence-corrected chi connectivity index (χ2v) is 5.16. The van der Waals surface area contributed by atoms with Crippen LogP contribution in [0.3, 0.4) is 0 Å². The van der Waals surface area contributed by atoms with E-state index in [0.29, 0.717) is 0 Å². The fourth-order valence-corrected chi connectivity index (χ4v) is 2.89. The van der Waals surface area contributed by atoms with Gasteiger partial charge in [-0.3, -0.25) is 0 Å². The van der Waals surface area contributed by atoms with Crippen LogP contribution < -0.4 is 14.8 Å². The predicted octanol–water partition coefficient (Wildman–Crippen LogP) is 2.48. The Morgan fingerprint density at radius 3 is 2.80 bits per heavy atom. The number of thioether (sulfide) groups is 1. The minimum absolute atomic E-state index is 0.148. The second kappa shape index (κ2) is 7.21. The van der Waals surface area contributed by atoms with E-state index >= 15 is 0 Å². The van der Waals surface area contributed by atoms with Gasteiger partial charge in [0.05, 0.1) is 14.2 Å². The molecule has 1 unspecified atom stereocenters.